The van der Waals surface area contributed by atoms with E-state index < -0.39 is 5.60 Å². The highest BCUT2D eigenvalue weighted by atomic mass is 16.4. The Morgan fingerprint density at radius 2 is 2.40 bits per heavy atom. The predicted molar refractivity (Wildman–Crippen MR) is 94.3 cm³/mol. The van der Waals surface area contributed by atoms with E-state index in [4.69, 9.17) is 4.42 Å². The molecular weight excluding hydrogens is 320 g/mol. The summed E-state index contributed by atoms with van der Waals surface area (Å²) in [5, 5.41) is 21.6. The summed E-state index contributed by atoms with van der Waals surface area (Å²) in [5.41, 5.74) is -1.11. The summed E-state index contributed by atoms with van der Waals surface area (Å²) in [5.74, 6) is 3.12. The first kappa shape index (κ1) is 17.5. The monoisotopic (exact) mass is 346 g/mol. The molecule has 1 aliphatic heterocycles. The van der Waals surface area contributed by atoms with Crippen molar-refractivity contribution in [1.29, 1.82) is 0 Å². The first-order valence-electron chi connectivity index (χ1n) is 8.68. The van der Waals surface area contributed by atoms with E-state index >= 15 is 0 Å². The molecule has 0 bridgehead atoms. The highest BCUT2D eigenvalue weighted by Crippen LogP contribution is 2.19. The van der Waals surface area contributed by atoms with Gasteiger partial charge in [0.05, 0.1) is 19.4 Å². The van der Waals surface area contributed by atoms with Crippen LogP contribution in [0.2, 0.25) is 0 Å². The minimum atomic E-state index is -1.11. The molecular formula is C17H26N6O2. The smallest absolute Gasteiger partial charge is 0.191 e. The number of nitrogens with one attached hydrogen (secondary N) is 2. The van der Waals surface area contributed by atoms with E-state index in [1.54, 1.807) is 32.4 Å². The molecule has 2 atom stereocenters. The SMILES string of the molecule is CCc1nc2n(n1)CC(NC(=NC)NCC(C)(O)c1ccco1)CC2. The van der Waals surface area contributed by atoms with E-state index in [0.717, 1.165) is 37.5 Å². The normalized spacial score (nSPS) is 20.0. The lowest BCUT2D eigenvalue weighted by Gasteiger charge is -2.27. The molecule has 0 amide bonds. The zero-order valence-electron chi connectivity index (χ0n) is 15.0. The molecule has 8 heteroatoms. The van der Waals surface area contributed by atoms with Crippen LogP contribution in [0, 0.1) is 0 Å². The highest BCUT2D eigenvalue weighted by molar-refractivity contribution is 5.80. The van der Waals surface area contributed by atoms with Crippen LogP contribution >= 0.6 is 0 Å². The van der Waals surface area contributed by atoms with Gasteiger partial charge in [-0.15, -0.1) is 0 Å². The maximum atomic E-state index is 10.5. The molecule has 3 rings (SSSR count). The van der Waals surface area contributed by atoms with E-state index in [2.05, 4.69) is 32.6 Å². The summed E-state index contributed by atoms with van der Waals surface area (Å²) in [7, 11) is 1.72. The summed E-state index contributed by atoms with van der Waals surface area (Å²) in [6.07, 6.45) is 4.27. The number of nitrogens with zero attached hydrogens (tertiary/aromatic N) is 4. The van der Waals surface area contributed by atoms with Gasteiger partial charge >= 0.3 is 0 Å². The Kier molecular flexibility index (Phi) is 5.08. The van der Waals surface area contributed by atoms with Crippen LogP contribution in [0.3, 0.4) is 0 Å². The number of guanidine groups is 1. The van der Waals surface area contributed by atoms with Crippen molar-refractivity contribution in [3.05, 3.63) is 35.8 Å². The standard InChI is InChI=1S/C17H26N6O2/c1-4-14-21-15-8-7-12(10-23(15)22-14)20-16(18-3)19-11-17(2,24)13-6-5-9-25-13/h5-6,9,12,24H,4,7-8,10-11H2,1-3H3,(H2,18,19,20). The van der Waals surface area contributed by atoms with Gasteiger partial charge in [-0.1, -0.05) is 6.92 Å². The van der Waals surface area contributed by atoms with Gasteiger partial charge in [-0.25, -0.2) is 9.67 Å². The van der Waals surface area contributed by atoms with Crippen molar-refractivity contribution in [2.75, 3.05) is 13.6 Å². The second-order valence-corrected chi connectivity index (χ2v) is 6.54. The Hall–Kier alpha value is -2.35. The van der Waals surface area contributed by atoms with Crippen LogP contribution in [0.15, 0.2) is 27.8 Å². The fourth-order valence-corrected chi connectivity index (χ4v) is 2.94. The van der Waals surface area contributed by atoms with E-state index in [1.807, 2.05) is 4.68 Å². The van der Waals surface area contributed by atoms with E-state index in [9.17, 15) is 5.11 Å². The molecule has 0 aliphatic carbocycles. The van der Waals surface area contributed by atoms with Gasteiger partial charge in [-0.2, -0.15) is 5.10 Å². The largest absolute Gasteiger partial charge is 0.466 e. The first-order chi connectivity index (χ1) is 12.0. The number of rotatable bonds is 5. The minimum absolute atomic E-state index is 0.221. The molecule has 2 unspecified atom stereocenters. The van der Waals surface area contributed by atoms with Gasteiger partial charge in [-0.3, -0.25) is 4.99 Å². The topological polar surface area (TPSA) is 100 Å². The number of hydrogen-bond acceptors (Lipinski definition) is 5. The number of aryl methyl sites for hydroxylation is 2. The van der Waals surface area contributed by atoms with Crippen molar-refractivity contribution in [3.8, 4) is 0 Å². The van der Waals surface area contributed by atoms with Gasteiger partial charge in [0.2, 0.25) is 0 Å². The summed E-state index contributed by atoms with van der Waals surface area (Å²) >= 11 is 0. The molecule has 0 aromatic carbocycles. The Bertz CT molecular complexity index is 720. The maximum Gasteiger partial charge on any atom is 0.191 e. The van der Waals surface area contributed by atoms with Gasteiger partial charge in [0.25, 0.3) is 0 Å². The Labute approximate surface area is 147 Å². The van der Waals surface area contributed by atoms with Gasteiger partial charge < -0.3 is 20.2 Å². The van der Waals surface area contributed by atoms with Crippen LogP contribution in [-0.4, -0.2) is 45.5 Å². The van der Waals surface area contributed by atoms with Crippen molar-refractivity contribution >= 4 is 5.96 Å². The fraction of sp³-hybridized carbons (Fsp3) is 0.588. The van der Waals surface area contributed by atoms with Crippen molar-refractivity contribution < 1.29 is 9.52 Å². The first-order valence-corrected chi connectivity index (χ1v) is 8.68. The predicted octanol–water partition coefficient (Wildman–Crippen LogP) is 0.821. The van der Waals surface area contributed by atoms with Gasteiger partial charge in [0, 0.05) is 25.9 Å². The third-order valence-electron chi connectivity index (χ3n) is 4.43. The quantitative estimate of drug-likeness (QED) is 0.547. The Balaban J connectivity index is 1.56. The van der Waals surface area contributed by atoms with E-state index in [-0.39, 0.29) is 6.04 Å². The van der Waals surface area contributed by atoms with E-state index in [1.165, 1.54) is 0 Å². The summed E-state index contributed by atoms with van der Waals surface area (Å²) in [6.45, 7) is 4.83. The van der Waals surface area contributed by atoms with Crippen LogP contribution in [0.5, 0.6) is 0 Å². The molecule has 0 fully saturated rings. The third kappa shape index (κ3) is 4.01. The van der Waals surface area contributed by atoms with Crippen LogP contribution in [0.4, 0.5) is 0 Å². The van der Waals surface area contributed by atoms with Crippen molar-refractivity contribution in [3.63, 3.8) is 0 Å². The van der Waals surface area contributed by atoms with Crippen molar-refractivity contribution in [2.24, 2.45) is 4.99 Å². The molecule has 0 saturated heterocycles. The highest BCUT2D eigenvalue weighted by Gasteiger charge is 2.27. The van der Waals surface area contributed by atoms with Crippen LogP contribution in [-0.2, 0) is 25.0 Å². The molecule has 8 nitrogen and oxygen atoms in total. The van der Waals surface area contributed by atoms with Crippen molar-refractivity contribution in [2.45, 2.75) is 51.3 Å². The third-order valence-corrected chi connectivity index (χ3v) is 4.43. The molecule has 1 aliphatic rings. The number of aromatic nitrogens is 3. The maximum absolute atomic E-state index is 10.5. The lowest BCUT2D eigenvalue weighted by Crippen LogP contribution is -2.50. The summed E-state index contributed by atoms with van der Waals surface area (Å²) < 4.78 is 7.28. The number of aliphatic imine (C=N–C) groups is 1. The molecule has 0 radical (unpaired) electrons. The van der Waals surface area contributed by atoms with Crippen LogP contribution in [0.1, 0.15) is 37.7 Å². The zero-order chi connectivity index (χ0) is 17.9. The van der Waals surface area contributed by atoms with Crippen molar-refractivity contribution in [1.82, 2.24) is 25.4 Å². The average Bonchev–Trinajstić information content (AvgIpc) is 3.27. The zero-order valence-corrected chi connectivity index (χ0v) is 15.0. The second-order valence-electron chi connectivity index (χ2n) is 6.54. The molecule has 25 heavy (non-hydrogen) atoms. The summed E-state index contributed by atoms with van der Waals surface area (Å²) in [4.78, 5) is 8.79. The average molecular weight is 346 g/mol. The van der Waals surface area contributed by atoms with Gasteiger partial charge in [-0.05, 0) is 25.5 Å². The lowest BCUT2D eigenvalue weighted by molar-refractivity contribution is 0.0385. The molecule has 0 spiro atoms. The summed E-state index contributed by atoms with van der Waals surface area (Å²) in [6, 6.07) is 3.74. The molecule has 2 aromatic rings. The molecule has 136 valence electrons. The number of fused-ring (bicyclic) bond motifs is 1. The second kappa shape index (κ2) is 7.26. The molecule has 2 aromatic heterocycles. The molecule has 0 saturated carbocycles. The van der Waals surface area contributed by atoms with Crippen LogP contribution in [0.25, 0.3) is 0 Å². The van der Waals surface area contributed by atoms with Gasteiger partial charge in [0.15, 0.2) is 11.8 Å². The molecule has 3 heterocycles. The Morgan fingerprint density at radius 1 is 1.56 bits per heavy atom. The van der Waals surface area contributed by atoms with E-state index in [0.29, 0.717) is 18.3 Å². The van der Waals surface area contributed by atoms with Crippen LogP contribution < -0.4 is 10.6 Å². The molecule has 3 N–H and O–H groups in total. The Morgan fingerprint density at radius 3 is 3.08 bits per heavy atom. The lowest BCUT2D eigenvalue weighted by atomic mass is 10.0. The van der Waals surface area contributed by atoms with Gasteiger partial charge in [0.1, 0.15) is 17.2 Å². The number of hydrogen-bond donors (Lipinski definition) is 3. The number of aliphatic hydroxyl groups is 1. The fourth-order valence-electron chi connectivity index (χ4n) is 2.94. The minimum Gasteiger partial charge on any atom is -0.466 e. The number of furan rings is 1.